The van der Waals surface area contributed by atoms with Gasteiger partial charge in [0.2, 0.25) is 10.0 Å². The molecule has 0 aliphatic carbocycles. The van der Waals surface area contributed by atoms with Crippen molar-refractivity contribution in [3.8, 4) is 6.07 Å². The van der Waals surface area contributed by atoms with Gasteiger partial charge in [0.1, 0.15) is 0 Å². The molecule has 0 bridgehead atoms. The normalized spacial score (nSPS) is 19.0. The first-order valence-electron chi connectivity index (χ1n) is 6.17. The molecular formula is C13H16N2O3S. The predicted octanol–water partition coefficient (Wildman–Crippen LogP) is 1.67. The number of anilines is 1. The van der Waals surface area contributed by atoms with Crippen LogP contribution >= 0.6 is 0 Å². The van der Waals surface area contributed by atoms with Crippen molar-refractivity contribution in [2.45, 2.75) is 25.4 Å². The van der Waals surface area contributed by atoms with E-state index in [1.807, 2.05) is 6.07 Å². The Morgan fingerprint density at radius 2 is 2.11 bits per heavy atom. The molecule has 1 aromatic carbocycles. The number of benzene rings is 1. The summed E-state index contributed by atoms with van der Waals surface area (Å²) in [6.45, 7) is 0.642. The maximum absolute atomic E-state index is 11.9. The van der Waals surface area contributed by atoms with E-state index in [0.717, 1.165) is 18.4 Å². The molecule has 1 aliphatic rings. The quantitative estimate of drug-likeness (QED) is 0.889. The van der Waals surface area contributed by atoms with Crippen LogP contribution in [0.5, 0.6) is 0 Å². The average Bonchev–Trinajstić information content (AvgIpc) is 2.83. The summed E-state index contributed by atoms with van der Waals surface area (Å²) in [4.78, 5) is 0. The Balaban J connectivity index is 1.97. The maximum atomic E-state index is 11.9. The summed E-state index contributed by atoms with van der Waals surface area (Å²) >= 11 is 0. The largest absolute Gasteiger partial charge is 0.377 e. The summed E-state index contributed by atoms with van der Waals surface area (Å²) in [7, 11) is -3.38. The molecule has 5 nitrogen and oxygen atoms in total. The van der Waals surface area contributed by atoms with Crippen LogP contribution in [-0.4, -0.2) is 26.9 Å². The Kier molecular flexibility index (Phi) is 4.40. The molecule has 2 rings (SSSR count). The van der Waals surface area contributed by atoms with E-state index in [0.29, 0.717) is 18.7 Å². The van der Waals surface area contributed by atoms with Crippen LogP contribution in [0.15, 0.2) is 24.3 Å². The topological polar surface area (TPSA) is 79.2 Å². The summed E-state index contributed by atoms with van der Waals surface area (Å²) in [5, 5.41) is 8.56. The van der Waals surface area contributed by atoms with E-state index in [9.17, 15) is 8.42 Å². The molecule has 1 aliphatic heterocycles. The van der Waals surface area contributed by atoms with Crippen LogP contribution in [0.1, 0.15) is 18.4 Å². The van der Waals surface area contributed by atoms with Gasteiger partial charge in [-0.25, -0.2) is 8.42 Å². The summed E-state index contributed by atoms with van der Waals surface area (Å²) in [5.74, 6) is -0.00700. The highest BCUT2D eigenvalue weighted by molar-refractivity contribution is 7.92. The fourth-order valence-electron chi connectivity index (χ4n) is 2.02. The van der Waals surface area contributed by atoms with Crippen molar-refractivity contribution in [3.63, 3.8) is 0 Å². The molecule has 0 radical (unpaired) electrons. The minimum Gasteiger partial charge on any atom is -0.377 e. The lowest BCUT2D eigenvalue weighted by molar-refractivity contribution is 0.127. The highest BCUT2D eigenvalue weighted by Gasteiger charge is 2.23. The second-order valence-electron chi connectivity index (χ2n) is 4.55. The Morgan fingerprint density at radius 1 is 1.37 bits per heavy atom. The van der Waals surface area contributed by atoms with Crippen LogP contribution in [0.3, 0.4) is 0 Å². The van der Waals surface area contributed by atoms with Crippen molar-refractivity contribution in [1.29, 1.82) is 5.26 Å². The third-order valence-corrected chi connectivity index (χ3v) is 4.30. The standard InChI is InChI=1S/C13H16N2O3S/c14-8-7-11-3-5-12(6-4-11)15-19(16,17)10-13-2-1-9-18-13/h3-6,13,15H,1-2,7,9-10H2. The zero-order valence-corrected chi connectivity index (χ0v) is 11.3. The van der Waals surface area contributed by atoms with Gasteiger partial charge < -0.3 is 4.74 Å². The first-order chi connectivity index (χ1) is 9.09. The zero-order chi connectivity index (χ0) is 13.7. The number of rotatable bonds is 5. The van der Waals surface area contributed by atoms with Crippen molar-refractivity contribution < 1.29 is 13.2 Å². The molecule has 0 aromatic heterocycles. The molecule has 0 spiro atoms. The Hall–Kier alpha value is -1.58. The molecule has 1 unspecified atom stereocenters. The van der Waals surface area contributed by atoms with Gasteiger partial charge in [-0.05, 0) is 30.5 Å². The number of nitrogens with zero attached hydrogens (tertiary/aromatic N) is 1. The van der Waals surface area contributed by atoms with Gasteiger partial charge in [0, 0.05) is 12.3 Å². The summed E-state index contributed by atoms with van der Waals surface area (Å²) in [6.07, 6.45) is 1.84. The third kappa shape index (κ3) is 4.23. The minimum atomic E-state index is -3.38. The minimum absolute atomic E-state index is 0.00700. The predicted molar refractivity (Wildman–Crippen MR) is 72.1 cm³/mol. The number of ether oxygens (including phenoxy) is 1. The van der Waals surface area contributed by atoms with Gasteiger partial charge >= 0.3 is 0 Å². The van der Waals surface area contributed by atoms with Crippen LogP contribution in [-0.2, 0) is 21.2 Å². The van der Waals surface area contributed by atoms with Crippen LogP contribution in [0.4, 0.5) is 5.69 Å². The van der Waals surface area contributed by atoms with Crippen molar-refractivity contribution in [1.82, 2.24) is 0 Å². The average molecular weight is 280 g/mol. The first kappa shape index (κ1) is 13.8. The van der Waals surface area contributed by atoms with E-state index < -0.39 is 10.0 Å². The molecule has 1 aromatic rings. The monoisotopic (exact) mass is 280 g/mol. The van der Waals surface area contributed by atoms with Gasteiger partial charge in [-0.15, -0.1) is 0 Å². The molecule has 1 atom stereocenters. The van der Waals surface area contributed by atoms with Gasteiger partial charge in [-0.2, -0.15) is 5.26 Å². The molecule has 0 amide bonds. The van der Waals surface area contributed by atoms with Gasteiger partial charge in [0.25, 0.3) is 0 Å². The fourth-order valence-corrected chi connectivity index (χ4v) is 3.35. The fraction of sp³-hybridized carbons (Fsp3) is 0.462. The Morgan fingerprint density at radius 3 is 2.68 bits per heavy atom. The van der Waals surface area contributed by atoms with Crippen LogP contribution in [0.25, 0.3) is 0 Å². The number of hydrogen-bond donors (Lipinski definition) is 1. The molecular weight excluding hydrogens is 264 g/mol. The van der Waals surface area contributed by atoms with Gasteiger partial charge in [0.05, 0.1) is 24.3 Å². The first-order valence-corrected chi connectivity index (χ1v) is 7.82. The van der Waals surface area contributed by atoms with Crippen LogP contribution in [0, 0.1) is 11.3 Å². The van der Waals surface area contributed by atoms with E-state index in [1.54, 1.807) is 24.3 Å². The SMILES string of the molecule is N#CCc1ccc(NS(=O)(=O)CC2CCCO2)cc1. The van der Waals surface area contributed by atoms with E-state index in [1.165, 1.54) is 0 Å². The summed E-state index contributed by atoms with van der Waals surface area (Å²) in [5.41, 5.74) is 1.38. The zero-order valence-electron chi connectivity index (χ0n) is 10.5. The summed E-state index contributed by atoms with van der Waals surface area (Å²) < 4.78 is 31.7. The Bertz CT molecular complexity index is 555. The van der Waals surface area contributed by atoms with Crippen LogP contribution in [0.2, 0.25) is 0 Å². The molecule has 0 saturated carbocycles. The van der Waals surface area contributed by atoms with Crippen molar-refractivity contribution in [3.05, 3.63) is 29.8 Å². The second kappa shape index (κ2) is 6.04. The maximum Gasteiger partial charge on any atom is 0.235 e. The number of nitriles is 1. The smallest absolute Gasteiger partial charge is 0.235 e. The van der Waals surface area contributed by atoms with Crippen molar-refractivity contribution in [2.75, 3.05) is 17.1 Å². The number of nitrogens with one attached hydrogen (secondary N) is 1. The number of hydrogen-bond acceptors (Lipinski definition) is 4. The molecule has 1 saturated heterocycles. The number of sulfonamides is 1. The highest BCUT2D eigenvalue weighted by Crippen LogP contribution is 2.16. The van der Waals surface area contributed by atoms with Gasteiger partial charge in [-0.3, -0.25) is 4.72 Å². The lowest BCUT2D eigenvalue weighted by Crippen LogP contribution is -2.25. The summed E-state index contributed by atoms with van der Waals surface area (Å²) in [6, 6.07) is 8.86. The molecule has 102 valence electrons. The van der Waals surface area contributed by atoms with E-state index in [2.05, 4.69) is 4.72 Å². The van der Waals surface area contributed by atoms with E-state index in [4.69, 9.17) is 10.00 Å². The molecule has 1 N–H and O–H groups in total. The van der Waals surface area contributed by atoms with Crippen molar-refractivity contribution >= 4 is 15.7 Å². The van der Waals surface area contributed by atoms with Crippen molar-refractivity contribution in [2.24, 2.45) is 0 Å². The molecule has 1 fully saturated rings. The molecule has 1 heterocycles. The lowest BCUT2D eigenvalue weighted by atomic mass is 10.1. The third-order valence-electron chi connectivity index (χ3n) is 2.94. The second-order valence-corrected chi connectivity index (χ2v) is 6.32. The lowest BCUT2D eigenvalue weighted by Gasteiger charge is -2.12. The van der Waals surface area contributed by atoms with Gasteiger partial charge in [0.15, 0.2) is 0 Å². The Labute approximate surface area is 113 Å². The molecule has 19 heavy (non-hydrogen) atoms. The van der Waals surface area contributed by atoms with Crippen LogP contribution < -0.4 is 4.72 Å². The molecule has 6 heteroatoms. The highest BCUT2D eigenvalue weighted by atomic mass is 32.2. The van der Waals surface area contributed by atoms with Gasteiger partial charge in [-0.1, -0.05) is 12.1 Å². The van der Waals surface area contributed by atoms with E-state index in [-0.39, 0.29) is 11.9 Å². The van der Waals surface area contributed by atoms with E-state index >= 15 is 0 Å².